The fourth-order valence-electron chi connectivity index (χ4n) is 4.21. The number of aryl methyl sites for hydroxylation is 1. The average Bonchev–Trinajstić information content (AvgIpc) is 3.52. The number of aromatic nitrogens is 5. The van der Waals surface area contributed by atoms with Gasteiger partial charge in [-0.2, -0.15) is 5.10 Å². The van der Waals surface area contributed by atoms with Crippen molar-refractivity contribution in [1.29, 1.82) is 0 Å². The van der Waals surface area contributed by atoms with E-state index >= 15 is 0 Å². The van der Waals surface area contributed by atoms with Crippen LogP contribution in [0.15, 0.2) is 103 Å². The molecule has 0 atom stereocenters. The molecule has 0 amide bonds. The van der Waals surface area contributed by atoms with Gasteiger partial charge in [0.2, 0.25) is 0 Å². The molecule has 6 rings (SSSR count). The maximum atomic E-state index is 13.8. The van der Waals surface area contributed by atoms with Gasteiger partial charge in [0, 0.05) is 23.7 Å². The summed E-state index contributed by atoms with van der Waals surface area (Å²) in [5, 5.41) is 4.83. The molecule has 6 aromatic rings. The smallest absolute Gasteiger partial charge is 0.265 e. The number of benzene rings is 3. The van der Waals surface area contributed by atoms with E-state index in [0.717, 1.165) is 11.4 Å². The largest absolute Gasteiger partial charge is 0.268 e. The number of imidazole rings is 1. The molecule has 0 saturated heterocycles. The van der Waals surface area contributed by atoms with Crippen molar-refractivity contribution in [2.45, 2.75) is 6.92 Å². The Hall–Kier alpha value is -4.91. The second-order valence-corrected chi connectivity index (χ2v) is 8.43. The zero-order valence-corrected chi connectivity index (χ0v) is 19.3. The Kier molecular flexibility index (Phi) is 5.22. The summed E-state index contributed by atoms with van der Waals surface area (Å²) in [6.07, 6.45) is 3.43. The highest BCUT2D eigenvalue weighted by Gasteiger charge is 2.24. The minimum atomic E-state index is -0.336. The summed E-state index contributed by atoms with van der Waals surface area (Å²) in [5.41, 5.74) is 5.43. The molecule has 0 bridgehead atoms. The number of halogens is 1. The summed E-state index contributed by atoms with van der Waals surface area (Å²) in [6.45, 7) is 1.87. The molecular weight excluding hydrogens is 453 g/mol. The second-order valence-electron chi connectivity index (χ2n) is 8.43. The summed E-state index contributed by atoms with van der Waals surface area (Å²) in [7, 11) is 0. The lowest BCUT2D eigenvalue weighted by Crippen LogP contribution is -2.14. The molecule has 0 spiro atoms. The Morgan fingerprint density at radius 3 is 2.36 bits per heavy atom. The number of hydrogen-bond donors (Lipinski definition) is 0. The van der Waals surface area contributed by atoms with Crippen molar-refractivity contribution >= 4 is 16.9 Å². The zero-order valence-electron chi connectivity index (χ0n) is 19.3. The van der Waals surface area contributed by atoms with Crippen LogP contribution in [0.25, 0.3) is 39.4 Å². The predicted octanol–water partition coefficient (Wildman–Crippen LogP) is 6.09. The fraction of sp³-hybridized carbons (Fsp3) is 0.0345. The topological polar surface area (TPSA) is 65.6 Å². The molecule has 0 aliphatic rings. The van der Waals surface area contributed by atoms with E-state index in [1.807, 2.05) is 73.8 Å². The van der Waals surface area contributed by atoms with Gasteiger partial charge in [0.15, 0.2) is 5.82 Å². The van der Waals surface area contributed by atoms with Crippen LogP contribution in [0.1, 0.15) is 16.1 Å². The van der Waals surface area contributed by atoms with Gasteiger partial charge in [-0.15, -0.1) is 0 Å². The van der Waals surface area contributed by atoms with Crippen molar-refractivity contribution in [2.75, 3.05) is 0 Å². The third-order valence-electron chi connectivity index (χ3n) is 6.02. The van der Waals surface area contributed by atoms with Crippen molar-refractivity contribution in [3.05, 3.63) is 120 Å². The van der Waals surface area contributed by atoms with E-state index in [-0.39, 0.29) is 11.7 Å². The third kappa shape index (κ3) is 3.76. The molecule has 3 aromatic carbocycles. The molecule has 7 heteroatoms. The van der Waals surface area contributed by atoms with Crippen LogP contribution in [-0.2, 0) is 0 Å². The molecule has 0 saturated carbocycles. The molecule has 0 N–H and O–H groups in total. The molecule has 174 valence electrons. The molecule has 6 nitrogen and oxygen atoms in total. The molecule has 0 aliphatic heterocycles. The number of rotatable bonds is 4. The van der Waals surface area contributed by atoms with Crippen molar-refractivity contribution in [3.63, 3.8) is 0 Å². The van der Waals surface area contributed by atoms with Crippen molar-refractivity contribution in [3.8, 4) is 28.3 Å². The van der Waals surface area contributed by atoms with Gasteiger partial charge in [0.25, 0.3) is 5.91 Å². The van der Waals surface area contributed by atoms with Gasteiger partial charge in [-0.25, -0.2) is 14.1 Å². The van der Waals surface area contributed by atoms with Crippen molar-refractivity contribution < 1.29 is 9.18 Å². The van der Waals surface area contributed by atoms with E-state index in [9.17, 15) is 9.18 Å². The maximum Gasteiger partial charge on any atom is 0.265 e. The zero-order chi connectivity index (χ0) is 24.6. The minimum Gasteiger partial charge on any atom is -0.268 e. The highest BCUT2D eigenvalue weighted by Crippen LogP contribution is 2.34. The van der Waals surface area contributed by atoms with Crippen LogP contribution in [-0.4, -0.2) is 30.2 Å². The van der Waals surface area contributed by atoms with E-state index in [2.05, 4.69) is 4.98 Å². The van der Waals surface area contributed by atoms with E-state index in [1.165, 1.54) is 12.1 Å². The summed E-state index contributed by atoms with van der Waals surface area (Å²) < 4.78 is 17.1. The Morgan fingerprint density at radius 2 is 1.61 bits per heavy atom. The number of pyridine rings is 1. The second kappa shape index (κ2) is 8.70. The number of hydrogen-bond acceptors (Lipinski definition) is 4. The maximum absolute atomic E-state index is 13.8. The highest BCUT2D eigenvalue weighted by atomic mass is 19.1. The van der Waals surface area contributed by atoms with Crippen LogP contribution >= 0.6 is 0 Å². The Labute approximate surface area is 206 Å². The van der Waals surface area contributed by atoms with Gasteiger partial charge in [-0.05, 0) is 67.6 Å². The number of fused-ring (bicyclic) bond motifs is 1. The van der Waals surface area contributed by atoms with Gasteiger partial charge in [-0.3, -0.25) is 14.3 Å². The molecule has 3 aromatic heterocycles. The number of carbonyl (C=O) groups is 1. The molecular formula is C29H20FN5O. The van der Waals surface area contributed by atoms with Crippen LogP contribution in [0, 0.1) is 12.7 Å². The van der Waals surface area contributed by atoms with Gasteiger partial charge >= 0.3 is 0 Å². The van der Waals surface area contributed by atoms with Crippen molar-refractivity contribution in [1.82, 2.24) is 24.3 Å². The minimum absolute atomic E-state index is 0.247. The molecule has 3 heterocycles. The Morgan fingerprint density at radius 1 is 0.861 bits per heavy atom. The van der Waals surface area contributed by atoms with Gasteiger partial charge in [-0.1, -0.05) is 30.3 Å². The average molecular weight is 474 g/mol. The summed E-state index contributed by atoms with van der Waals surface area (Å²) >= 11 is 0. The van der Waals surface area contributed by atoms with E-state index in [4.69, 9.17) is 10.1 Å². The first-order valence-corrected chi connectivity index (χ1v) is 11.4. The van der Waals surface area contributed by atoms with Crippen LogP contribution in [0.2, 0.25) is 0 Å². The number of nitrogens with zero attached hydrogens (tertiary/aromatic N) is 5. The number of para-hydroxylation sites is 3. The van der Waals surface area contributed by atoms with E-state index in [1.54, 1.807) is 33.6 Å². The van der Waals surface area contributed by atoms with Crippen LogP contribution < -0.4 is 0 Å². The third-order valence-corrected chi connectivity index (χ3v) is 6.02. The standard InChI is InChI=1S/C29H20FN5O/c1-19-11-12-21(17-31-19)29(36)35-26-10-6-5-9-25(26)32-28(35)24-18-34(23-7-3-2-4-8-23)33-27(24)20-13-15-22(30)16-14-20/h2-18H,1H3. The highest BCUT2D eigenvalue weighted by molar-refractivity contribution is 6.04. The van der Waals surface area contributed by atoms with Gasteiger partial charge in [0.05, 0.1) is 27.8 Å². The summed E-state index contributed by atoms with van der Waals surface area (Å²) in [5.74, 6) is -0.135. The number of carbonyl (C=O) groups excluding carboxylic acids is 1. The molecule has 0 radical (unpaired) electrons. The lowest BCUT2D eigenvalue weighted by Gasteiger charge is -2.08. The SMILES string of the molecule is Cc1ccc(C(=O)n2c(-c3cn(-c4ccccc4)nc3-c3ccc(F)cc3)nc3ccccc32)cn1. The first kappa shape index (κ1) is 21.6. The van der Waals surface area contributed by atoms with Crippen LogP contribution in [0.3, 0.4) is 0 Å². The van der Waals surface area contributed by atoms with Crippen LogP contribution in [0.5, 0.6) is 0 Å². The fourth-order valence-corrected chi connectivity index (χ4v) is 4.21. The molecule has 0 unspecified atom stereocenters. The Balaban J connectivity index is 1.62. The predicted molar refractivity (Wildman–Crippen MR) is 136 cm³/mol. The molecule has 0 aliphatic carbocycles. The normalized spacial score (nSPS) is 11.2. The first-order chi connectivity index (χ1) is 17.6. The quantitative estimate of drug-likeness (QED) is 0.311. The van der Waals surface area contributed by atoms with Crippen molar-refractivity contribution in [2.24, 2.45) is 0 Å². The molecule has 36 heavy (non-hydrogen) atoms. The van der Waals surface area contributed by atoms with Crippen LogP contribution in [0.4, 0.5) is 4.39 Å². The van der Waals surface area contributed by atoms with E-state index < -0.39 is 0 Å². The Bertz CT molecular complexity index is 1700. The summed E-state index contributed by atoms with van der Waals surface area (Å²) in [6, 6.07) is 26.9. The first-order valence-electron chi connectivity index (χ1n) is 11.4. The van der Waals surface area contributed by atoms with Gasteiger partial charge in [0.1, 0.15) is 11.5 Å². The lowest BCUT2D eigenvalue weighted by molar-refractivity contribution is 0.0966. The monoisotopic (exact) mass is 473 g/mol. The van der Waals surface area contributed by atoms with E-state index in [0.29, 0.717) is 39.2 Å². The summed E-state index contributed by atoms with van der Waals surface area (Å²) in [4.78, 5) is 23.0. The molecule has 0 fully saturated rings. The lowest BCUT2D eigenvalue weighted by atomic mass is 10.1. The van der Waals surface area contributed by atoms with Gasteiger partial charge < -0.3 is 0 Å².